The summed E-state index contributed by atoms with van der Waals surface area (Å²) in [6.07, 6.45) is 3.58. The van der Waals surface area contributed by atoms with Crippen LogP contribution >= 0.6 is 0 Å². The summed E-state index contributed by atoms with van der Waals surface area (Å²) in [5.74, 6) is 0.960. The molecule has 5 nitrogen and oxygen atoms in total. The third-order valence-electron chi connectivity index (χ3n) is 4.13. The molecule has 1 amide bonds. The summed E-state index contributed by atoms with van der Waals surface area (Å²) in [5, 5.41) is 0. The van der Waals surface area contributed by atoms with Crippen LogP contribution < -0.4 is 0 Å². The first-order chi connectivity index (χ1) is 9.11. The molecule has 19 heavy (non-hydrogen) atoms. The Labute approximate surface area is 115 Å². The van der Waals surface area contributed by atoms with E-state index in [0.29, 0.717) is 13.2 Å². The lowest BCUT2D eigenvalue weighted by molar-refractivity contribution is -0.135. The number of amides is 1. The number of carbonyl (C=O) groups is 1. The van der Waals surface area contributed by atoms with Crippen LogP contribution in [-0.2, 0) is 14.3 Å². The molecule has 1 heterocycles. The zero-order valence-corrected chi connectivity index (χ0v) is 12.3. The van der Waals surface area contributed by atoms with Crippen molar-refractivity contribution in [1.29, 1.82) is 0 Å². The number of nitrogens with zero attached hydrogens (tertiary/aromatic N) is 2. The molecule has 110 valence electrons. The Kier molecular flexibility index (Phi) is 5.19. The number of ether oxygens (including phenoxy) is 2. The third kappa shape index (κ3) is 4.16. The van der Waals surface area contributed by atoms with Gasteiger partial charge in [-0.2, -0.15) is 0 Å². The summed E-state index contributed by atoms with van der Waals surface area (Å²) in [4.78, 5) is 16.2. The maximum absolute atomic E-state index is 12.3. The molecule has 2 fully saturated rings. The molecule has 0 aromatic heterocycles. The Morgan fingerprint density at radius 2 is 2.16 bits per heavy atom. The van der Waals surface area contributed by atoms with Crippen LogP contribution in [0.25, 0.3) is 0 Å². The first-order valence-corrected chi connectivity index (χ1v) is 7.17. The smallest absolute Gasteiger partial charge is 0.239 e. The quantitative estimate of drug-likeness (QED) is 0.635. The molecule has 0 spiro atoms. The van der Waals surface area contributed by atoms with E-state index in [9.17, 15) is 4.79 Å². The van der Waals surface area contributed by atoms with Crippen LogP contribution in [0.15, 0.2) is 0 Å². The van der Waals surface area contributed by atoms with Crippen LogP contribution in [0.1, 0.15) is 19.3 Å². The largest absolute Gasteiger partial charge is 0.380 e. The average molecular weight is 270 g/mol. The minimum atomic E-state index is -0.0432. The lowest BCUT2D eigenvalue weighted by Crippen LogP contribution is -2.43. The van der Waals surface area contributed by atoms with Gasteiger partial charge in [0.2, 0.25) is 5.91 Å². The van der Waals surface area contributed by atoms with Crippen molar-refractivity contribution in [2.45, 2.75) is 31.4 Å². The fourth-order valence-electron chi connectivity index (χ4n) is 2.51. The van der Waals surface area contributed by atoms with Gasteiger partial charge in [-0.05, 0) is 32.2 Å². The van der Waals surface area contributed by atoms with Gasteiger partial charge in [0.15, 0.2) is 0 Å². The van der Waals surface area contributed by atoms with Crippen molar-refractivity contribution in [1.82, 2.24) is 9.80 Å². The van der Waals surface area contributed by atoms with Gasteiger partial charge >= 0.3 is 0 Å². The van der Waals surface area contributed by atoms with Crippen molar-refractivity contribution >= 4 is 5.91 Å². The molecule has 2 aliphatic rings. The van der Waals surface area contributed by atoms with Crippen LogP contribution in [0, 0.1) is 5.92 Å². The second-order valence-electron chi connectivity index (χ2n) is 5.83. The van der Waals surface area contributed by atoms with Crippen LogP contribution in [0.5, 0.6) is 0 Å². The van der Waals surface area contributed by atoms with Crippen molar-refractivity contribution in [3.63, 3.8) is 0 Å². The van der Waals surface area contributed by atoms with E-state index < -0.39 is 0 Å². The van der Waals surface area contributed by atoms with Gasteiger partial charge in [0.05, 0.1) is 18.8 Å². The van der Waals surface area contributed by atoms with Gasteiger partial charge in [0.1, 0.15) is 0 Å². The Hall–Kier alpha value is -0.650. The fourth-order valence-corrected chi connectivity index (χ4v) is 2.51. The zero-order valence-electron chi connectivity index (χ0n) is 12.3. The second kappa shape index (κ2) is 6.68. The van der Waals surface area contributed by atoms with E-state index in [2.05, 4.69) is 4.90 Å². The molecule has 1 aliphatic heterocycles. The minimum Gasteiger partial charge on any atom is -0.380 e. The van der Waals surface area contributed by atoms with Crippen molar-refractivity contribution in [3.8, 4) is 0 Å². The lowest BCUT2D eigenvalue weighted by atomic mass is 10.2. The molecule has 0 aromatic rings. The maximum Gasteiger partial charge on any atom is 0.239 e. The summed E-state index contributed by atoms with van der Waals surface area (Å²) in [7, 11) is 5.55. The standard InChI is InChI=1S/C14H26N2O3/c1-15(6-7-19-10-11-4-5-11)14(17)13-8-12(18-3)9-16(13)2/h11-13H,4-10H2,1-3H3/t12-,13-/m0/s1. The van der Waals surface area contributed by atoms with Crippen LogP contribution in [0.3, 0.4) is 0 Å². The number of methoxy groups -OCH3 is 1. The van der Waals surface area contributed by atoms with Crippen molar-refractivity contribution < 1.29 is 14.3 Å². The van der Waals surface area contributed by atoms with E-state index in [4.69, 9.17) is 9.47 Å². The number of hydrogen-bond donors (Lipinski definition) is 0. The average Bonchev–Trinajstić information content (AvgIpc) is 3.15. The summed E-state index contributed by atoms with van der Waals surface area (Å²) in [6.45, 7) is 3.01. The Morgan fingerprint density at radius 1 is 1.42 bits per heavy atom. The molecule has 2 rings (SSSR count). The highest BCUT2D eigenvalue weighted by Crippen LogP contribution is 2.28. The Balaban J connectivity index is 1.68. The molecule has 2 atom stereocenters. The highest BCUT2D eigenvalue weighted by Gasteiger charge is 2.35. The Bertz CT molecular complexity index is 307. The van der Waals surface area contributed by atoms with E-state index in [1.807, 2.05) is 14.1 Å². The molecule has 1 aliphatic carbocycles. The first-order valence-electron chi connectivity index (χ1n) is 7.17. The molecule has 1 saturated heterocycles. The van der Waals surface area contributed by atoms with Gasteiger partial charge in [-0.25, -0.2) is 0 Å². The number of likely N-dealkylation sites (N-methyl/N-ethyl adjacent to an activating group) is 2. The fraction of sp³-hybridized carbons (Fsp3) is 0.929. The molecular weight excluding hydrogens is 244 g/mol. The normalized spacial score (nSPS) is 27.7. The van der Waals surface area contributed by atoms with E-state index in [0.717, 1.165) is 25.5 Å². The number of hydrogen-bond acceptors (Lipinski definition) is 4. The highest BCUT2D eigenvalue weighted by molar-refractivity contribution is 5.82. The van der Waals surface area contributed by atoms with E-state index in [1.54, 1.807) is 12.0 Å². The molecular formula is C14H26N2O3. The van der Waals surface area contributed by atoms with Gasteiger partial charge in [0, 0.05) is 33.9 Å². The van der Waals surface area contributed by atoms with Crippen molar-refractivity contribution in [2.75, 3.05) is 47.5 Å². The summed E-state index contributed by atoms with van der Waals surface area (Å²) in [6, 6.07) is -0.0432. The van der Waals surface area contributed by atoms with Gasteiger partial charge in [0.25, 0.3) is 0 Å². The van der Waals surface area contributed by atoms with Crippen molar-refractivity contribution in [2.24, 2.45) is 5.92 Å². The SMILES string of the molecule is CO[C@H]1C[C@@H](C(=O)N(C)CCOCC2CC2)N(C)C1. The number of likely N-dealkylation sites (tertiary alicyclic amines) is 1. The molecule has 0 radical (unpaired) electrons. The van der Waals surface area contributed by atoms with E-state index >= 15 is 0 Å². The van der Waals surface area contributed by atoms with E-state index in [1.165, 1.54) is 12.8 Å². The monoisotopic (exact) mass is 270 g/mol. The molecule has 0 aromatic carbocycles. The minimum absolute atomic E-state index is 0.0432. The van der Waals surface area contributed by atoms with Crippen molar-refractivity contribution in [3.05, 3.63) is 0 Å². The third-order valence-corrected chi connectivity index (χ3v) is 4.13. The van der Waals surface area contributed by atoms with Crippen LogP contribution in [0.2, 0.25) is 0 Å². The number of carbonyl (C=O) groups excluding carboxylic acids is 1. The van der Waals surface area contributed by atoms with Gasteiger partial charge in [-0.15, -0.1) is 0 Å². The molecule has 1 saturated carbocycles. The Morgan fingerprint density at radius 3 is 2.74 bits per heavy atom. The summed E-state index contributed by atoms with van der Waals surface area (Å²) >= 11 is 0. The molecule has 0 N–H and O–H groups in total. The molecule has 5 heteroatoms. The topological polar surface area (TPSA) is 42.0 Å². The second-order valence-corrected chi connectivity index (χ2v) is 5.83. The molecule has 0 unspecified atom stereocenters. The van der Waals surface area contributed by atoms with Gasteiger partial charge in [-0.3, -0.25) is 9.69 Å². The van der Waals surface area contributed by atoms with E-state index in [-0.39, 0.29) is 18.1 Å². The molecule has 0 bridgehead atoms. The first kappa shape index (κ1) is 14.8. The van der Waals surface area contributed by atoms with Gasteiger partial charge in [-0.1, -0.05) is 0 Å². The lowest BCUT2D eigenvalue weighted by Gasteiger charge is -2.24. The maximum atomic E-state index is 12.3. The summed E-state index contributed by atoms with van der Waals surface area (Å²) < 4.78 is 10.9. The summed E-state index contributed by atoms with van der Waals surface area (Å²) in [5.41, 5.74) is 0. The van der Waals surface area contributed by atoms with Gasteiger partial charge < -0.3 is 14.4 Å². The van der Waals surface area contributed by atoms with Crippen LogP contribution in [-0.4, -0.2) is 75.4 Å². The zero-order chi connectivity index (χ0) is 13.8. The predicted octanol–water partition coefficient (Wildman–Crippen LogP) is 0.591. The highest BCUT2D eigenvalue weighted by atomic mass is 16.5. The number of rotatable bonds is 7. The van der Waals surface area contributed by atoms with Crippen LogP contribution in [0.4, 0.5) is 0 Å². The predicted molar refractivity (Wildman–Crippen MR) is 73.0 cm³/mol.